The van der Waals surface area contributed by atoms with Crippen molar-refractivity contribution >= 4 is 23.0 Å². The molecule has 0 aromatic heterocycles. The molecule has 1 aromatic carbocycles. The van der Waals surface area contributed by atoms with E-state index in [1.165, 1.54) is 43.6 Å². The highest BCUT2D eigenvalue weighted by Crippen LogP contribution is 2.21. The summed E-state index contributed by atoms with van der Waals surface area (Å²) in [6.45, 7) is 3.16. The molecule has 92 valence electrons. The topological polar surface area (TPSA) is 15.3 Å². The average molecular weight is 251 g/mol. The Morgan fingerprint density at radius 3 is 2.47 bits per heavy atom. The number of hydrogen-bond donors (Lipinski definition) is 1. The van der Waals surface area contributed by atoms with Crippen LogP contribution in [0.25, 0.3) is 0 Å². The molecule has 17 heavy (non-hydrogen) atoms. The van der Waals surface area contributed by atoms with Gasteiger partial charge in [0.15, 0.2) is 0 Å². The van der Waals surface area contributed by atoms with Crippen molar-refractivity contribution in [3.63, 3.8) is 0 Å². The van der Waals surface area contributed by atoms with Gasteiger partial charge >= 0.3 is 0 Å². The molecule has 0 spiro atoms. The van der Waals surface area contributed by atoms with Crippen molar-refractivity contribution in [2.45, 2.75) is 19.3 Å². The van der Waals surface area contributed by atoms with Crippen LogP contribution >= 0.6 is 11.6 Å². The van der Waals surface area contributed by atoms with Gasteiger partial charge < -0.3 is 10.2 Å². The number of halogens is 1. The van der Waals surface area contributed by atoms with Crippen LogP contribution < -0.4 is 10.2 Å². The van der Waals surface area contributed by atoms with Gasteiger partial charge in [-0.05, 0) is 43.5 Å². The highest BCUT2D eigenvalue weighted by molar-refractivity contribution is 6.25. The third-order valence-electron chi connectivity index (χ3n) is 3.10. The molecule has 1 aromatic rings. The summed E-state index contributed by atoms with van der Waals surface area (Å²) in [4.78, 5) is 2.46. The molecule has 1 heterocycles. The number of anilines is 2. The van der Waals surface area contributed by atoms with Crippen molar-refractivity contribution in [1.29, 1.82) is 0 Å². The molecular formula is C14H19ClN2. The Morgan fingerprint density at radius 1 is 1.12 bits per heavy atom. The second-order valence-corrected chi connectivity index (χ2v) is 4.59. The number of benzene rings is 1. The zero-order valence-electron chi connectivity index (χ0n) is 10.0. The first-order valence-corrected chi connectivity index (χ1v) is 6.68. The second-order valence-electron chi connectivity index (χ2n) is 4.34. The molecule has 0 radical (unpaired) electrons. The van der Waals surface area contributed by atoms with Gasteiger partial charge in [-0.2, -0.15) is 0 Å². The normalized spacial score (nSPS) is 16.4. The Hall–Kier alpha value is -1.15. The summed E-state index contributed by atoms with van der Waals surface area (Å²) in [5.74, 6) is 0. The third kappa shape index (κ3) is 3.67. The maximum atomic E-state index is 5.47. The Kier molecular flexibility index (Phi) is 4.75. The first kappa shape index (κ1) is 12.3. The van der Waals surface area contributed by atoms with Gasteiger partial charge in [0, 0.05) is 36.5 Å². The van der Waals surface area contributed by atoms with E-state index in [2.05, 4.69) is 34.5 Å². The van der Waals surface area contributed by atoms with Gasteiger partial charge in [0.05, 0.1) is 0 Å². The van der Waals surface area contributed by atoms with Crippen molar-refractivity contribution in [2.24, 2.45) is 0 Å². The molecule has 0 amide bonds. The second kappa shape index (κ2) is 6.55. The van der Waals surface area contributed by atoms with E-state index in [4.69, 9.17) is 11.6 Å². The molecule has 2 rings (SSSR count). The average Bonchev–Trinajstić information content (AvgIpc) is 2.41. The van der Waals surface area contributed by atoms with Gasteiger partial charge in [-0.3, -0.25) is 0 Å². The zero-order valence-corrected chi connectivity index (χ0v) is 10.8. The zero-order chi connectivity index (χ0) is 11.9. The predicted molar refractivity (Wildman–Crippen MR) is 76.0 cm³/mol. The van der Waals surface area contributed by atoms with Crippen LogP contribution in [0.1, 0.15) is 19.3 Å². The van der Waals surface area contributed by atoms with Crippen LogP contribution in [0.2, 0.25) is 0 Å². The molecule has 0 atom stereocenters. The Labute approximate surface area is 108 Å². The molecule has 1 saturated heterocycles. The van der Waals surface area contributed by atoms with Gasteiger partial charge in [0.2, 0.25) is 0 Å². The van der Waals surface area contributed by atoms with Gasteiger partial charge in [-0.1, -0.05) is 17.7 Å². The third-order valence-corrected chi connectivity index (χ3v) is 3.28. The molecule has 1 N–H and O–H groups in total. The smallest absolute Gasteiger partial charge is 0.0367 e. The molecule has 2 nitrogen and oxygen atoms in total. The summed E-state index contributed by atoms with van der Waals surface area (Å²) >= 11 is 5.47. The van der Waals surface area contributed by atoms with E-state index in [-0.39, 0.29) is 0 Å². The van der Waals surface area contributed by atoms with E-state index in [1.807, 2.05) is 6.08 Å². The van der Waals surface area contributed by atoms with E-state index in [0.717, 1.165) is 12.2 Å². The Balaban J connectivity index is 1.92. The monoisotopic (exact) mass is 250 g/mol. The molecular weight excluding hydrogens is 232 g/mol. The fourth-order valence-electron chi connectivity index (χ4n) is 2.16. The number of rotatable bonds is 4. The fourth-order valence-corrected chi connectivity index (χ4v) is 2.25. The van der Waals surface area contributed by atoms with Crippen molar-refractivity contribution in [1.82, 2.24) is 0 Å². The van der Waals surface area contributed by atoms with Gasteiger partial charge in [-0.25, -0.2) is 0 Å². The lowest BCUT2D eigenvalue weighted by atomic mass is 10.1. The summed E-state index contributed by atoms with van der Waals surface area (Å²) in [7, 11) is 0. The Bertz CT molecular complexity index is 353. The lowest BCUT2D eigenvalue weighted by molar-refractivity contribution is 0.578. The molecule has 0 bridgehead atoms. The first-order chi connectivity index (χ1) is 8.40. The van der Waals surface area contributed by atoms with E-state index < -0.39 is 0 Å². The highest BCUT2D eigenvalue weighted by atomic mass is 35.5. The van der Waals surface area contributed by atoms with Crippen LogP contribution in [0.15, 0.2) is 35.9 Å². The molecule has 0 aliphatic carbocycles. The maximum Gasteiger partial charge on any atom is 0.0367 e. The molecule has 0 saturated carbocycles. The van der Waals surface area contributed by atoms with E-state index in [0.29, 0.717) is 0 Å². The van der Waals surface area contributed by atoms with Gasteiger partial charge in [0.25, 0.3) is 0 Å². The molecule has 1 aliphatic heterocycles. The van der Waals surface area contributed by atoms with E-state index in [9.17, 15) is 0 Å². The van der Waals surface area contributed by atoms with Crippen LogP contribution in [0, 0.1) is 0 Å². The van der Waals surface area contributed by atoms with Crippen LogP contribution in [0.4, 0.5) is 11.4 Å². The maximum absolute atomic E-state index is 5.47. The number of nitrogens with one attached hydrogen (secondary N) is 1. The number of nitrogens with zero attached hydrogens (tertiary/aromatic N) is 1. The first-order valence-electron chi connectivity index (χ1n) is 6.24. The van der Waals surface area contributed by atoms with Crippen molar-refractivity contribution < 1.29 is 0 Å². The van der Waals surface area contributed by atoms with Crippen LogP contribution in [-0.4, -0.2) is 19.6 Å². The predicted octanol–water partition coefficient (Wildman–Crippen LogP) is 3.84. The molecule has 1 fully saturated rings. The minimum absolute atomic E-state index is 0.770. The minimum atomic E-state index is 0.770. The van der Waals surface area contributed by atoms with Crippen LogP contribution in [-0.2, 0) is 0 Å². The van der Waals surface area contributed by atoms with Crippen LogP contribution in [0.5, 0.6) is 0 Å². The standard InChI is InChI=1S/C14H19ClN2/c15-9-4-10-16-13-5-7-14(8-6-13)17-11-2-1-3-12-17/h4-9,16H,1-3,10-12H2/b9-4+. The van der Waals surface area contributed by atoms with Crippen molar-refractivity contribution in [3.05, 3.63) is 35.9 Å². The minimum Gasteiger partial charge on any atom is -0.382 e. The molecule has 0 unspecified atom stereocenters. The van der Waals surface area contributed by atoms with Crippen molar-refractivity contribution in [2.75, 3.05) is 29.9 Å². The van der Waals surface area contributed by atoms with E-state index in [1.54, 1.807) is 0 Å². The SMILES string of the molecule is Cl/C=C/CNc1ccc(N2CCCCC2)cc1. The van der Waals surface area contributed by atoms with Gasteiger partial charge in [0.1, 0.15) is 0 Å². The number of hydrogen-bond acceptors (Lipinski definition) is 2. The summed E-state index contributed by atoms with van der Waals surface area (Å²) in [6, 6.07) is 8.65. The quantitative estimate of drug-likeness (QED) is 0.874. The summed E-state index contributed by atoms with van der Waals surface area (Å²) in [6.07, 6.45) is 5.90. The van der Waals surface area contributed by atoms with Crippen LogP contribution in [0.3, 0.4) is 0 Å². The number of piperidine rings is 1. The van der Waals surface area contributed by atoms with E-state index >= 15 is 0 Å². The molecule has 3 heteroatoms. The highest BCUT2D eigenvalue weighted by Gasteiger charge is 2.10. The van der Waals surface area contributed by atoms with Gasteiger partial charge in [-0.15, -0.1) is 0 Å². The lowest BCUT2D eigenvalue weighted by Gasteiger charge is -2.28. The summed E-state index contributed by atoms with van der Waals surface area (Å²) < 4.78 is 0. The fraction of sp³-hybridized carbons (Fsp3) is 0.429. The largest absolute Gasteiger partial charge is 0.382 e. The summed E-state index contributed by atoms with van der Waals surface area (Å²) in [5, 5.41) is 3.29. The Morgan fingerprint density at radius 2 is 1.82 bits per heavy atom. The molecule has 1 aliphatic rings. The summed E-state index contributed by atoms with van der Waals surface area (Å²) in [5.41, 5.74) is 4.01. The lowest BCUT2D eigenvalue weighted by Crippen LogP contribution is -2.29. The van der Waals surface area contributed by atoms with Crippen molar-refractivity contribution in [3.8, 4) is 0 Å².